The van der Waals surface area contributed by atoms with E-state index in [0.29, 0.717) is 55.5 Å². The average molecular weight is 475 g/mol. The Bertz CT molecular complexity index is 1060. The summed E-state index contributed by atoms with van der Waals surface area (Å²) in [5.74, 6) is 1.01. The lowest BCUT2D eigenvalue weighted by Crippen LogP contribution is -2.53. The number of piperazine rings is 1. The third-order valence-electron chi connectivity index (χ3n) is 5.60. The molecule has 0 atom stereocenters. The lowest BCUT2D eigenvalue weighted by molar-refractivity contribution is -0.137. The van der Waals surface area contributed by atoms with Gasteiger partial charge in [0.1, 0.15) is 11.6 Å². The van der Waals surface area contributed by atoms with Crippen LogP contribution in [0.5, 0.6) is 0 Å². The molecule has 10 heteroatoms. The molecular weight excluding hydrogens is 445 g/mol. The van der Waals surface area contributed by atoms with Gasteiger partial charge in [0.2, 0.25) is 0 Å². The van der Waals surface area contributed by atoms with Gasteiger partial charge in [-0.2, -0.15) is 18.4 Å². The number of nitriles is 1. The Balaban J connectivity index is 1.93. The van der Waals surface area contributed by atoms with E-state index < -0.39 is 11.7 Å². The second kappa shape index (κ2) is 10.7. The van der Waals surface area contributed by atoms with Crippen LogP contribution in [0.3, 0.4) is 0 Å². The Morgan fingerprint density at radius 1 is 1.21 bits per heavy atom. The number of carbonyl (C=O) groups excluding carboxylic acids is 1. The van der Waals surface area contributed by atoms with E-state index in [1.54, 1.807) is 11.0 Å². The van der Waals surface area contributed by atoms with Gasteiger partial charge in [-0.25, -0.2) is 14.8 Å². The van der Waals surface area contributed by atoms with Crippen molar-refractivity contribution in [2.75, 3.05) is 31.1 Å². The quantitative estimate of drug-likeness (QED) is 0.685. The van der Waals surface area contributed by atoms with Crippen molar-refractivity contribution in [2.45, 2.75) is 52.3 Å². The topological polar surface area (TPSA) is 85.2 Å². The highest BCUT2D eigenvalue weighted by Crippen LogP contribution is 2.31. The molecule has 1 N–H and O–H groups in total. The Labute approximate surface area is 197 Å². The van der Waals surface area contributed by atoms with E-state index in [0.717, 1.165) is 17.7 Å². The smallest absolute Gasteiger partial charge is 0.353 e. The number of aryl methyl sites for hydroxylation is 1. The van der Waals surface area contributed by atoms with Crippen LogP contribution in [-0.4, -0.2) is 53.1 Å². The van der Waals surface area contributed by atoms with Crippen molar-refractivity contribution in [2.24, 2.45) is 0 Å². The van der Waals surface area contributed by atoms with Gasteiger partial charge in [-0.15, -0.1) is 0 Å². The third kappa shape index (κ3) is 6.16. The summed E-state index contributed by atoms with van der Waals surface area (Å²) in [5, 5.41) is 12.0. The standard InChI is InChI=1S/C24H29F3N6O/c1-4-20-19(15-17-6-5-7-18(14-17)24(25,26)27)22(31-21(30-20)8-9-28)32-10-12-33(13-11-32)23(34)29-16(2)3/h5-7,14,16H,4,8,10-13,15H2,1-3H3,(H,29,34). The van der Waals surface area contributed by atoms with E-state index in [1.165, 1.54) is 6.07 Å². The zero-order chi connectivity index (χ0) is 24.9. The number of carbonyl (C=O) groups is 1. The SMILES string of the molecule is CCc1nc(CC#N)nc(N2CCN(C(=O)NC(C)C)CC2)c1Cc1cccc(C(F)(F)F)c1. The molecule has 182 valence electrons. The first kappa shape index (κ1) is 25.3. The Kier molecular flexibility index (Phi) is 7.97. The molecule has 1 aromatic heterocycles. The maximum Gasteiger partial charge on any atom is 0.416 e. The Morgan fingerprint density at radius 3 is 2.50 bits per heavy atom. The largest absolute Gasteiger partial charge is 0.416 e. The van der Waals surface area contributed by atoms with E-state index >= 15 is 0 Å². The second-order valence-corrected chi connectivity index (χ2v) is 8.53. The van der Waals surface area contributed by atoms with Gasteiger partial charge in [0.15, 0.2) is 0 Å². The molecule has 2 heterocycles. The number of urea groups is 1. The summed E-state index contributed by atoms with van der Waals surface area (Å²) in [4.78, 5) is 25.3. The first-order valence-corrected chi connectivity index (χ1v) is 11.3. The van der Waals surface area contributed by atoms with E-state index in [4.69, 9.17) is 5.26 Å². The van der Waals surface area contributed by atoms with Crippen LogP contribution in [-0.2, 0) is 25.4 Å². The van der Waals surface area contributed by atoms with Gasteiger partial charge < -0.3 is 15.1 Å². The van der Waals surface area contributed by atoms with E-state index in [9.17, 15) is 18.0 Å². The molecule has 2 amide bonds. The molecule has 0 radical (unpaired) electrons. The number of anilines is 1. The zero-order valence-electron chi connectivity index (χ0n) is 19.6. The number of aromatic nitrogens is 2. The Morgan fingerprint density at radius 2 is 1.91 bits per heavy atom. The first-order chi connectivity index (χ1) is 16.1. The Hall–Kier alpha value is -3.35. The summed E-state index contributed by atoms with van der Waals surface area (Å²) in [7, 11) is 0. The molecule has 1 aliphatic heterocycles. The van der Waals surface area contributed by atoms with Gasteiger partial charge in [0, 0.05) is 49.9 Å². The van der Waals surface area contributed by atoms with Crippen molar-refractivity contribution in [1.29, 1.82) is 5.26 Å². The summed E-state index contributed by atoms with van der Waals surface area (Å²) in [6.07, 6.45) is -3.59. The highest BCUT2D eigenvalue weighted by atomic mass is 19.4. The number of nitrogens with zero attached hydrogens (tertiary/aromatic N) is 5. The number of nitrogens with one attached hydrogen (secondary N) is 1. The molecule has 0 unspecified atom stereocenters. The zero-order valence-corrected chi connectivity index (χ0v) is 19.6. The van der Waals surface area contributed by atoms with Crippen LogP contribution in [0.1, 0.15) is 49.0 Å². The number of halogens is 3. The predicted molar refractivity (Wildman–Crippen MR) is 122 cm³/mol. The van der Waals surface area contributed by atoms with Crippen molar-refractivity contribution in [1.82, 2.24) is 20.2 Å². The van der Waals surface area contributed by atoms with Crippen LogP contribution in [0, 0.1) is 11.3 Å². The molecule has 1 aromatic carbocycles. The number of hydrogen-bond acceptors (Lipinski definition) is 5. The number of alkyl halides is 3. The monoisotopic (exact) mass is 474 g/mol. The highest BCUT2D eigenvalue weighted by molar-refractivity contribution is 5.74. The molecule has 3 rings (SSSR count). The van der Waals surface area contributed by atoms with E-state index in [1.807, 2.05) is 25.7 Å². The molecule has 1 saturated heterocycles. The summed E-state index contributed by atoms with van der Waals surface area (Å²) in [5.41, 5.74) is 1.28. The van der Waals surface area contributed by atoms with E-state index in [-0.39, 0.29) is 24.9 Å². The van der Waals surface area contributed by atoms with Crippen molar-refractivity contribution < 1.29 is 18.0 Å². The second-order valence-electron chi connectivity index (χ2n) is 8.53. The average Bonchev–Trinajstić information content (AvgIpc) is 2.79. The lowest BCUT2D eigenvalue weighted by Gasteiger charge is -2.37. The molecule has 1 aliphatic rings. The maximum absolute atomic E-state index is 13.2. The molecule has 0 spiro atoms. The maximum atomic E-state index is 13.2. The van der Waals surface area contributed by atoms with Gasteiger partial charge >= 0.3 is 12.2 Å². The molecule has 2 aromatic rings. The normalized spacial score (nSPS) is 14.3. The summed E-state index contributed by atoms with van der Waals surface area (Å²) >= 11 is 0. The van der Waals surface area contributed by atoms with Gasteiger partial charge in [-0.3, -0.25) is 0 Å². The van der Waals surface area contributed by atoms with Crippen LogP contribution in [0.25, 0.3) is 0 Å². The van der Waals surface area contributed by atoms with Crippen LogP contribution >= 0.6 is 0 Å². The fraction of sp³-hybridized carbons (Fsp3) is 0.500. The van der Waals surface area contributed by atoms with Crippen molar-refractivity contribution in [3.8, 4) is 6.07 Å². The van der Waals surface area contributed by atoms with Crippen molar-refractivity contribution in [3.63, 3.8) is 0 Å². The highest BCUT2D eigenvalue weighted by Gasteiger charge is 2.31. The van der Waals surface area contributed by atoms with Gasteiger partial charge in [0.05, 0.1) is 18.1 Å². The van der Waals surface area contributed by atoms with Gasteiger partial charge in [-0.1, -0.05) is 25.1 Å². The summed E-state index contributed by atoms with van der Waals surface area (Å²) < 4.78 is 39.7. The summed E-state index contributed by atoms with van der Waals surface area (Å²) in [6.45, 7) is 7.74. The van der Waals surface area contributed by atoms with Gasteiger partial charge in [0.25, 0.3) is 0 Å². The molecular formula is C24H29F3N6O. The van der Waals surface area contributed by atoms with Gasteiger partial charge in [-0.05, 0) is 31.9 Å². The number of amides is 2. The van der Waals surface area contributed by atoms with Crippen LogP contribution in [0.2, 0.25) is 0 Å². The predicted octanol–water partition coefficient (Wildman–Crippen LogP) is 3.95. The molecule has 0 saturated carbocycles. The fourth-order valence-electron chi connectivity index (χ4n) is 3.97. The van der Waals surface area contributed by atoms with Crippen LogP contribution in [0.15, 0.2) is 24.3 Å². The molecule has 0 bridgehead atoms. The molecule has 7 nitrogen and oxygen atoms in total. The fourth-order valence-corrected chi connectivity index (χ4v) is 3.97. The minimum absolute atomic E-state index is 0.0344. The number of rotatable bonds is 6. The molecule has 34 heavy (non-hydrogen) atoms. The molecule has 0 aliphatic carbocycles. The minimum atomic E-state index is -4.42. The minimum Gasteiger partial charge on any atom is -0.353 e. The summed E-state index contributed by atoms with van der Waals surface area (Å²) in [6, 6.07) is 7.25. The van der Waals surface area contributed by atoms with E-state index in [2.05, 4.69) is 21.4 Å². The third-order valence-corrected chi connectivity index (χ3v) is 5.60. The number of benzene rings is 1. The van der Waals surface area contributed by atoms with Crippen molar-refractivity contribution >= 4 is 11.8 Å². The van der Waals surface area contributed by atoms with Crippen LogP contribution < -0.4 is 10.2 Å². The van der Waals surface area contributed by atoms with Crippen LogP contribution in [0.4, 0.5) is 23.8 Å². The number of hydrogen-bond donors (Lipinski definition) is 1. The lowest BCUT2D eigenvalue weighted by atomic mass is 9.99. The van der Waals surface area contributed by atoms with Crippen molar-refractivity contribution in [3.05, 3.63) is 52.5 Å². The molecule has 1 fully saturated rings. The first-order valence-electron chi connectivity index (χ1n) is 11.3.